The van der Waals surface area contributed by atoms with Crippen LogP contribution >= 0.6 is 0 Å². The zero-order valence-electron chi connectivity index (χ0n) is 31.6. The van der Waals surface area contributed by atoms with Gasteiger partial charge in [-0.15, -0.1) is 0 Å². The second-order valence-electron chi connectivity index (χ2n) is 13.6. The molecule has 3 aliphatic rings. The molecule has 3 heterocycles. The van der Waals surface area contributed by atoms with Gasteiger partial charge in [-0.1, -0.05) is 18.2 Å². The standard InChI is InChI=1S/C40H40F3N5O10/c1-39(37(52)48(38(53)46(39)2)27-9-6-25(23-44)31(22-27)40(41,42)43)26-7-10-28(11-8-26)57-20-18-55-16-14-54-15-17-56-19-21-58-33-5-3-4-29-30(33)24-47(36(29)51)32-12-13-34(49)45-35(32)50/h3-11,22,32H,12-21,24H2,1-2H3,(H,45,49,50)/t32-,39?/m0/s1. The number of imide groups is 2. The summed E-state index contributed by atoms with van der Waals surface area (Å²) in [7, 11) is 1.38. The van der Waals surface area contributed by atoms with Gasteiger partial charge in [0.1, 0.15) is 36.3 Å². The van der Waals surface area contributed by atoms with Gasteiger partial charge in [0.15, 0.2) is 0 Å². The number of ether oxygens (including phenoxy) is 5. The monoisotopic (exact) mass is 807 g/mol. The smallest absolute Gasteiger partial charge is 0.417 e. The fourth-order valence-corrected chi connectivity index (χ4v) is 6.88. The van der Waals surface area contributed by atoms with Crippen molar-refractivity contribution in [2.75, 3.05) is 64.8 Å². The largest absolute Gasteiger partial charge is 0.491 e. The van der Waals surface area contributed by atoms with E-state index in [0.717, 1.165) is 17.0 Å². The Morgan fingerprint density at radius 2 is 1.50 bits per heavy atom. The highest BCUT2D eigenvalue weighted by atomic mass is 19.4. The third-order valence-electron chi connectivity index (χ3n) is 10.1. The SMILES string of the molecule is CN1C(=O)N(c2ccc(C#N)c(C(F)(F)F)c2)C(=O)C1(C)c1ccc(OCCOCCOCCOCCOc2cccc3c2CN([C@H]2CCC(=O)NC2=O)C3=O)cc1. The number of nitrogens with one attached hydrogen (secondary N) is 1. The average Bonchev–Trinajstić information content (AvgIpc) is 3.62. The predicted octanol–water partition coefficient (Wildman–Crippen LogP) is 4.16. The lowest BCUT2D eigenvalue weighted by Gasteiger charge is -2.29. The van der Waals surface area contributed by atoms with Crippen molar-refractivity contribution in [2.24, 2.45) is 0 Å². The van der Waals surface area contributed by atoms with Crippen molar-refractivity contribution in [1.82, 2.24) is 15.1 Å². The molecule has 18 heteroatoms. The number of hydrogen-bond acceptors (Lipinski definition) is 11. The summed E-state index contributed by atoms with van der Waals surface area (Å²) in [4.78, 5) is 66.9. The first-order valence-electron chi connectivity index (χ1n) is 18.3. The zero-order chi connectivity index (χ0) is 41.6. The number of nitrogens with zero attached hydrogens (tertiary/aromatic N) is 4. The van der Waals surface area contributed by atoms with Crippen molar-refractivity contribution in [3.63, 3.8) is 0 Å². The number of hydrogen-bond donors (Lipinski definition) is 1. The number of nitriles is 1. The fraction of sp³-hybridized carbons (Fsp3) is 0.400. The van der Waals surface area contributed by atoms with E-state index in [-0.39, 0.29) is 63.3 Å². The average molecular weight is 808 g/mol. The molecule has 1 unspecified atom stereocenters. The molecule has 0 aliphatic carbocycles. The van der Waals surface area contributed by atoms with Crippen LogP contribution in [0.4, 0.5) is 23.7 Å². The maximum atomic E-state index is 13.6. The molecule has 0 radical (unpaired) electrons. The van der Waals surface area contributed by atoms with Gasteiger partial charge in [0.25, 0.3) is 11.8 Å². The third-order valence-corrected chi connectivity index (χ3v) is 10.1. The van der Waals surface area contributed by atoms with Crippen molar-refractivity contribution >= 4 is 35.3 Å². The van der Waals surface area contributed by atoms with Crippen LogP contribution in [0, 0.1) is 11.3 Å². The normalized spacial score (nSPS) is 19.4. The minimum Gasteiger partial charge on any atom is -0.491 e. The Hall–Kier alpha value is -6.03. The summed E-state index contributed by atoms with van der Waals surface area (Å²) in [6.45, 7) is 3.95. The Morgan fingerprint density at radius 1 is 0.862 bits per heavy atom. The van der Waals surface area contributed by atoms with E-state index in [1.807, 2.05) is 0 Å². The summed E-state index contributed by atoms with van der Waals surface area (Å²) >= 11 is 0. The summed E-state index contributed by atoms with van der Waals surface area (Å²) in [5, 5.41) is 11.4. The van der Waals surface area contributed by atoms with Crippen molar-refractivity contribution in [1.29, 1.82) is 5.26 Å². The van der Waals surface area contributed by atoms with Crippen LogP contribution in [0.5, 0.6) is 11.5 Å². The summed E-state index contributed by atoms with van der Waals surface area (Å²) in [6, 6.07) is 14.2. The zero-order valence-corrected chi connectivity index (χ0v) is 31.6. The molecule has 0 aromatic heterocycles. The van der Waals surface area contributed by atoms with Gasteiger partial charge in [-0.3, -0.25) is 24.5 Å². The van der Waals surface area contributed by atoms with Crippen LogP contribution in [-0.2, 0) is 46.9 Å². The maximum absolute atomic E-state index is 13.6. The number of anilines is 1. The van der Waals surface area contributed by atoms with E-state index < -0.39 is 46.7 Å². The number of rotatable bonds is 17. The molecule has 2 saturated heterocycles. The van der Waals surface area contributed by atoms with Crippen LogP contribution in [0.3, 0.4) is 0 Å². The van der Waals surface area contributed by atoms with E-state index in [4.69, 9.17) is 28.9 Å². The van der Waals surface area contributed by atoms with Gasteiger partial charge in [0.05, 0.1) is 69.1 Å². The Balaban J connectivity index is 0.852. The van der Waals surface area contributed by atoms with Crippen LogP contribution in [0.25, 0.3) is 0 Å². The molecule has 6 rings (SSSR count). The van der Waals surface area contributed by atoms with Crippen molar-refractivity contribution < 1.29 is 60.8 Å². The van der Waals surface area contributed by atoms with Gasteiger partial charge in [0.2, 0.25) is 11.8 Å². The lowest BCUT2D eigenvalue weighted by Crippen LogP contribution is -2.52. The summed E-state index contributed by atoms with van der Waals surface area (Å²) < 4.78 is 69.0. The number of fused-ring (bicyclic) bond motifs is 1. The minimum atomic E-state index is -4.86. The predicted molar refractivity (Wildman–Crippen MR) is 197 cm³/mol. The molecule has 306 valence electrons. The Labute approximate surface area is 331 Å². The molecule has 1 N–H and O–H groups in total. The van der Waals surface area contributed by atoms with Gasteiger partial charge in [-0.25, -0.2) is 9.69 Å². The molecule has 0 bridgehead atoms. The highest BCUT2D eigenvalue weighted by Crippen LogP contribution is 2.41. The van der Waals surface area contributed by atoms with E-state index in [2.05, 4.69) is 5.32 Å². The number of benzene rings is 3. The number of amides is 6. The second-order valence-corrected chi connectivity index (χ2v) is 13.6. The Morgan fingerprint density at radius 3 is 2.12 bits per heavy atom. The molecule has 58 heavy (non-hydrogen) atoms. The van der Waals surface area contributed by atoms with Gasteiger partial charge >= 0.3 is 12.2 Å². The number of carbonyl (C=O) groups excluding carboxylic acids is 5. The minimum absolute atomic E-state index is 0.177. The van der Waals surface area contributed by atoms with Crippen LogP contribution in [0.15, 0.2) is 60.7 Å². The first-order valence-corrected chi connectivity index (χ1v) is 18.3. The topological polar surface area (TPSA) is 177 Å². The number of alkyl halides is 3. The molecule has 3 aromatic carbocycles. The number of halogens is 3. The number of carbonyl (C=O) groups is 5. The molecule has 0 spiro atoms. The number of likely N-dealkylation sites (N-methyl/N-ethyl adjacent to an activating group) is 1. The lowest BCUT2D eigenvalue weighted by atomic mass is 9.90. The number of piperidine rings is 1. The van der Waals surface area contributed by atoms with E-state index in [1.54, 1.807) is 42.5 Å². The molecule has 15 nitrogen and oxygen atoms in total. The maximum Gasteiger partial charge on any atom is 0.417 e. The summed E-state index contributed by atoms with van der Waals surface area (Å²) in [5.74, 6) is -0.850. The van der Waals surface area contributed by atoms with Crippen molar-refractivity contribution in [2.45, 2.75) is 44.1 Å². The highest BCUT2D eigenvalue weighted by molar-refractivity contribution is 6.23. The number of urea groups is 1. The molecule has 2 atom stereocenters. The lowest BCUT2D eigenvalue weighted by molar-refractivity contribution is -0.138. The van der Waals surface area contributed by atoms with Crippen LogP contribution in [0.2, 0.25) is 0 Å². The Bertz CT molecular complexity index is 2110. The van der Waals surface area contributed by atoms with Crippen LogP contribution in [-0.4, -0.2) is 105 Å². The molecular weight excluding hydrogens is 767 g/mol. The molecule has 0 saturated carbocycles. The van der Waals surface area contributed by atoms with Gasteiger partial charge in [0, 0.05) is 24.6 Å². The first-order chi connectivity index (χ1) is 27.7. The third kappa shape index (κ3) is 8.61. The van der Waals surface area contributed by atoms with Crippen molar-refractivity contribution in [3.05, 3.63) is 88.5 Å². The Kier molecular flexibility index (Phi) is 12.6. The molecule has 6 amide bonds. The molecule has 2 fully saturated rings. The van der Waals surface area contributed by atoms with Gasteiger partial charge in [-0.05, 0) is 61.4 Å². The van der Waals surface area contributed by atoms with Gasteiger partial charge in [-0.2, -0.15) is 18.4 Å². The van der Waals surface area contributed by atoms with Crippen LogP contribution < -0.4 is 19.7 Å². The summed E-state index contributed by atoms with van der Waals surface area (Å²) in [5.41, 5.74) is -2.13. The molecular formula is C40H40F3N5O10. The fourth-order valence-electron chi connectivity index (χ4n) is 6.88. The van der Waals surface area contributed by atoms with Gasteiger partial charge < -0.3 is 33.5 Å². The van der Waals surface area contributed by atoms with E-state index in [9.17, 15) is 37.1 Å². The van der Waals surface area contributed by atoms with E-state index in [1.165, 1.54) is 24.9 Å². The quantitative estimate of drug-likeness (QED) is 0.118. The first kappa shape index (κ1) is 41.6. The molecule has 3 aromatic rings. The molecule has 3 aliphatic heterocycles. The highest BCUT2D eigenvalue weighted by Gasteiger charge is 2.54. The second kappa shape index (κ2) is 17.6. The van der Waals surface area contributed by atoms with Crippen LogP contribution in [0.1, 0.15) is 52.4 Å². The summed E-state index contributed by atoms with van der Waals surface area (Å²) in [6.07, 6.45) is -4.41. The van der Waals surface area contributed by atoms with Crippen molar-refractivity contribution in [3.8, 4) is 17.6 Å². The van der Waals surface area contributed by atoms with E-state index >= 15 is 0 Å². The van der Waals surface area contributed by atoms with E-state index in [0.29, 0.717) is 65.6 Å².